The van der Waals surface area contributed by atoms with Crippen LogP contribution in [0.1, 0.15) is 11.3 Å². The molecular weight excluding hydrogens is 314 g/mol. The summed E-state index contributed by atoms with van der Waals surface area (Å²) in [4.78, 5) is 37.1. The van der Waals surface area contributed by atoms with Crippen LogP contribution in [0.4, 0.5) is 5.69 Å². The Morgan fingerprint density at radius 1 is 1.04 bits per heavy atom. The summed E-state index contributed by atoms with van der Waals surface area (Å²) in [5, 5.41) is 22.7. The first-order chi connectivity index (χ1) is 11.5. The van der Waals surface area contributed by atoms with Gasteiger partial charge in [-0.2, -0.15) is 0 Å². The number of aromatic hydroxyl groups is 1. The Labute approximate surface area is 133 Å². The summed E-state index contributed by atoms with van der Waals surface area (Å²) in [7, 11) is 0. The van der Waals surface area contributed by atoms with Crippen molar-refractivity contribution >= 4 is 28.6 Å². The maximum Gasteiger partial charge on any atom is 0.357 e. The molecule has 3 aromatic rings. The van der Waals surface area contributed by atoms with E-state index in [1.807, 2.05) is 17.1 Å². The zero-order chi connectivity index (χ0) is 17.3. The third kappa shape index (κ3) is 2.68. The fourth-order valence-electron chi connectivity index (χ4n) is 2.43. The third-order valence-electron chi connectivity index (χ3n) is 3.49. The molecule has 8 heteroatoms. The Morgan fingerprint density at radius 2 is 1.79 bits per heavy atom. The number of nitrogens with one attached hydrogen (secondary N) is 2. The number of nitro groups is 1. The van der Waals surface area contributed by atoms with Crippen molar-refractivity contribution < 1.29 is 10.0 Å². The van der Waals surface area contributed by atoms with Crippen molar-refractivity contribution in [2.24, 2.45) is 0 Å². The number of fused-ring (bicyclic) bond motifs is 1. The van der Waals surface area contributed by atoms with Crippen LogP contribution in [0.3, 0.4) is 0 Å². The molecule has 0 fully saturated rings. The van der Waals surface area contributed by atoms with E-state index in [9.17, 15) is 24.8 Å². The van der Waals surface area contributed by atoms with Crippen molar-refractivity contribution in [3.63, 3.8) is 0 Å². The summed E-state index contributed by atoms with van der Waals surface area (Å²) < 4.78 is 0. The molecule has 120 valence electrons. The molecule has 0 bridgehead atoms. The van der Waals surface area contributed by atoms with E-state index >= 15 is 0 Å². The van der Waals surface area contributed by atoms with Crippen molar-refractivity contribution in [2.75, 3.05) is 0 Å². The van der Waals surface area contributed by atoms with Gasteiger partial charge in [-0.25, -0.2) is 4.79 Å². The summed E-state index contributed by atoms with van der Waals surface area (Å²) >= 11 is 0. The van der Waals surface area contributed by atoms with E-state index in [1.54, 1.807) is 18.2 Å². The Morgan fingerprint density at radius 3 is 2.54 bits per heavy atom. The Bertz CT molecular complexity index is 1090. The topological polar surface area (TPSA) is 129 Å². The first-order valence-electron chi connectivity index (χ1n) is 6.87. The highest BCUT2D eigenvalue weighted by Gasteiger charge is 2.19. The number of aromatic nitrogens is 2. The molecule has 0 aliphatic carbocycles. The molecular formula is C16H11N3O5. The second-order valence-electron chi connectivity index (χ2n) is 4.98. The van der Waals surface area contributed by atoms with Gasteiger partial charge < -0.3 is 10.1 Å². The molecule has 0 saturated carbocycles. The van der Waals surface area contributed by atoms with Crippen LogP contribution >= 0.6 is 0 Å². The van der Waals surface area contributed by atoms with Gasteiger partial charge in [0.25, 0.3) is 0 Å². The van der Waals surface area contributed by atoms with Crippen LogP contribution in [0.2, 0.25) is 0 Å². The van der Waals surface area contributed by atoms with Crippen molar-refractivity contribution in [1.82, 2.24) is 9.97 Å². The van der Waals surface area contributed by atoms with E-state index in [4.69, 9.17) is 0 Å². The summed E-state index contributed by atoms with van der Waals surface area (Å²) in [6.45, 7) is 0. The molecule has 1 aromatic heterocycles. The van der Waals surface area contributed by atoms with Gasteiger partial charge in [0.1, 0.15) is 11.4 Å². The second-order valence-corrected chi connectivity index (χ2v) is 4.98. The van der Waals surface area contributed by atoms with Gasteiger partial charge in [-0.3, -0.25) is 19.9 Å². The van der Waals surface area contributed by atoms with Gasteiger partial charge in [0.05, 0.1) is 4.92 Å². The molecule has 0 saturated heterocycles. The first kappa shape index (κ1) is 15.2. The maximum absolute atomic E-state index is 11.6. The molecule has 0 spiro atoms. The molecule has 0 atom stereocenters. The SMILES string of the molecule is O=c1[nH]c(C=Cc2c(O)ccc3ccccc23)c([N+](=O)[O-])c(=O)[nH]1. The quantitative estimate of drug-likeness (QED) is 0.501. The normalized spacial score (nSPS) is 11.2. The van der Waals surface area contributed by atoms with E-state index in [0.29, 0.717) is 5.56 Å². The summed E-state index contributed by atoms with van der Waals surface area (Å²) in [5.74, 6) is -0.0280. The zero-order valence-corrected chi connectivity index (χ0v) is 12.1. The third-order valence-corrected chi connectivity index (χ3v) is 3.49. The molecule has 0 radical (unpaired) electrons. The first-order valence-corrected chi connectivity index (χ1v) is 6.87. The smallest absolute Gasteiger partial charge is 0.357 e. The van der Waals surface area contributed by atoms with Crippen LogP contribution in [0.5, 0.6) is 5.75 Å². The summed E-state index contributed by atoms with van der Waals surface area (Å²) in [5.41, 5.74) is -2.55. The minimum absolute atomic E-state index is 0.0280. The number of hydrogen-bond donors (Lipinski definition) is 3. The van der Waals surface area contributed by atoms with Gasteiger partial charge >= 0.3 is 16.9 Å². The summed E-state index contributed by atoms with van der Waals surface area (Å²) in [6.07, 6.45) is 2.63. The van der Waals surface area contributed by atoms with Gasteiger partial charge in [0.15, 0.2) is 0 Å². The molecule has 3 N–H and O–H groups in total. The number of nitrogens with zero attached hydrogens (tertiary/aromatic N) is 1. The monoisotopic (exact) mass is 325 g/mol. The predicted molar refractivity (Wildman–Crippen MR) is 88.9 cm³/mol. The number of rotatable bonds is 3. The Hall–Kier alpha value is -3.68. The standard InChI is InChI=1S/C16H11N3O5/c20-13-8-5-9-3-1-2-4-10(9)11(13)6-7-12-14(19(23)24)15(21)18-16(22)17-12/h1-8,20H,(H2,17,18,21,22). The highest BCUT2D eigenvalue weighted by Crippen LogP contribution is 2.29. The molecule has 8 nitrogen and oxygen atoms in total. The number of phenols is 1. The van der Waals surface area contributed by atoms with Crippen molar-refractivity contribution in [1.29, 1.82) is 0 Å². The molecule has 2 aromatic carbocycles. The van der Waals surface area contributed by atoms with E-state index < -0.39 is 21.9 Å². The lowest BCUT2D eigenvalue weighted by atomic mass is 10.0. The molecule has 0 aliphatic rings. The molecule has 0 aliphatic heterocycles. The zero-order valence-electron chi connectivity index (χ0n) is 12.1. The summed E-state index contributed by atoms with van der Waals surface area (Å²) in [6, 6.07) is 10.5. The fourth-order valence-corrected chi connectivity index (χ4v) is 2.43. The van der Waals surface area contributed by atoms with Gasteiger partial charge in [0.2, 0.25) is 0 Å². The van der Waals surface area contributed by atoms with Crippen LogP contribution in [0, 0.1) is 10.1 Å². The number of benzene rings is 2. The minimum atomic E-state index is -1.09. The molecule has 0 amide bonds. The van der Waals surface area contributed by atoms with Crippen LogP contribution < -0.4 is 11.2 Å². The van der Waals surface area contributed by atoms with Crippen LogP contribution in [0.25, 0.3) is 22.9 Å². The minimum Gasteiger partial charge on any atom is -0.507 e. The van der Waals surface area contributed by atoms with Gasteiger partial charge in [-0.15, -0.1) is 0 Å². The highest BCUT2D eigenvalue weighted by atomic mass is 16.6. The van der Waals surface area contributed by atoms with Crippen molar-refractivity contribution in [3.8, 4) is 5.75 Å². The van der Waals surface area contributed by atoms with Gasteiger partial charge in [-0.1, -0.05) is 30.3 Å². The van der Waals surface area contributed by atoms with E-state index in [1.165, 1.54) is 18.2 Å². The second kappa shape index (κ2) is 5.84. The lowest BCUT2D eigenvalue weighted by Gasteiger charge is -2.05. The van der Waals surface area contributed by atoms with E-state index in [2.05, 4.69) is 4.98 Å². The molecule has 24 heavy (non-hydrogen) atoms. The van der Waals surface area contributed by atoms with Crippen molar-refractivity contribution in [3.05, 3.63) is 78.6 Å². The van der Waals surface area contributed by atoms with Crippen molar-refractivity contribution in [2.45, 2.75) is 0 Å². The number of H-pyrrole nitrogens is 2. The maximum atomic E-state index is 11.6. The highest BCUT2D eigenvalue weighted by molar-refractivity contribution is 5.95. The number of hydrogen-bond acceptors (Lipinski definition) is 5. The van der Waals surface area contributed by atoms with Gasteiger partial charge in [-0.05, 0) is 29.0 Å². The fraction of sp³-hybridized carbons (Fsp3) is 0. The molecule has 1 heterocycles. The Kier molecular flexibility index (Phi) is 3.70. The largest absolute Gasteiger partial charge is 0.507 e. The van der Waals surface area contributed by atoms with Gasteiger partial charge in [0, 0.05) is 5.56 Å². The number of aromatic amines is 2. The van der Waals surface area contributed by atoms with E-state index in [-0.39, 0.29) is 11.4 Å². The predicted octanol–water partition coefficient (Wildman–Crippen LogP) is 2.00. The lowest BCUT2D eigenvalue weighted by molar-refractivity contribution is -0.386. The average molecular weight is 325 g/mol. The molecule has 3 rings (SSSR count). The average Bonchev–Trinajstić information content (AvgIpc) is 2.52. The van der Waals surface area contributed by atoms with Crippen LogP contribution in [-0.4, -0.2) is 20.0 Å². The lowest BCUT2D eigenvalue weighted by Crippen LogP contribution is -2.25. The molecule has 0 unspecified atom stereocenters. The van der Waals surface area contributed by atoms with Crippen LogP contribution in [0.15, 0.2) is 46.0 Å². The number of phenolic OH excluding ortho intramolecular Hbond substituents is 1. The van der Waals surface area contributed by atoms with Crippen LogP contribution in [-0.2, 0) is 0 Å². The van der Waals surface area contributed by atoms with E-state index in [0.717, 1.165) is 10.8 Å². The Balaban J connectivity index is 2.20.